The van der Waals surface area contributed by atoms with Gasteiger partial charge in [-0.15, -0.1) is 0 Å². The fourth-order valence-corrected chi connectivity index (χ4v) is 5.63. The van der Waals surface area contributed by atoms with Crippen LogP contribution >= 0.6 is 23.1 Å². The second-order valence-corrected chi connectivity index (χ2v) is 10.5. The van der Waals surface area contributed by atoms with Gasteiger partial charge in [0.2, 0.25) is 0 Å². The molecule has 0 aliphatic rings. The third-order valence-electron chi connectivity index (χ3n) is 4.87. The molecule has 0 atom stereocenters. The van der Waals surface area contributed by atoms with E-state index in [1.165, 1.54) is 114 Å². The number of unbranched alkanes of at least 4 members (excludes halogenated alkanes) is 14. The fourth-order valence-electron chi connectivity index (χ4n) is 3.21. The first-order chi connectivity index (χ1) is 11.7. The minimum atomic E-state index is -0.171. The molecule has 146 valence electrons. The van der Waals surface area contributed by atoms with Crippen molar-refractivity contribution in [2.75, 3.05) is 11.5 Å². The molecule has 0 saturated heterocycles. The maximum absolute atomic E-state index is 5.99. The zero-order valence-electron chi connectivity index (χ0n) is 16.7. The smallest absolute Gasteiger partial charge is 0.111 e. The van der Waals surface area contributed by atoms with Gasteiger partial charge in [-0.25, -0.2) is 10.9 Å². The molecule has 0 aliphatic carbocycles. The molecule has 1 nitrogen and oxygen atoms in total. The van der Waals surface area contributed by atoms with Gasteiger partial charge in [0, 0.05) is 0 Å². The van der Waals surface area contributed by atoms with Crippen molar-refractivity contribution >= 4 is 27.4 Å². The number of rotatable bonds is 18. The second-order valence-electron chi connectivity index (χ2n) is 7.28. The lowest BCUT2D eigenvalue weighted by atomic mass is 10.1. The third-order valence-corrected chi connectivity index (χ3v) is 7.98. The van der Waals surface area contributed by atoms with Crippen molar-refractivity contribution in [1.29, 1.82) is 0 Å². The summed E-state index contributed by atoms with van der Waals surface area (Å²) in [6, 6.07) is 0. The van der Waals surface area contributed by atoms with Crippen LogP contribution in [0, 0.1) is 0 Å². The average Bonchev–Trinajstić information content (AvgIpc) is 2.57. The summed E-state index contributed by atoms with van der Waals surface area (Å²) < 4.78 is 0.830. The quantitative estimate of drug-likeness (QED) is 0.147. The molecule has 0 aromatic heterocycles. The van der Waals surface area contributed by atoms with Gasteiger partial charge in [0.05, 0.1) is 0 Å². The summed E-state index contributed by atoms with van der Waals surface area (Å²) in [5.41, 5.74) is 5.99. The van der Waals surface area contributed by atoms with Crippen LogP contribution in [0.25, 0.3) is 0 Å². The Morgan fingerprint density at radius 1 is 0.583 bits per heavy atom. The van der Waals surface area contributed by atoms with E-state index < -0.39 is 0 Å². The minimum Gasteiger partial charge on any atom is -0.386 e. The number of thiol groups is 1. The molecule has 3 heteroatoms. The summed E-state index contributed by atoms with van der Waals surface area (Å²) in [6.45, 7) is 4.56. The molecule has 0 spiro atoms. The lowest BCUT2D eigenvalue weighted by Gasteiger charge is -2.20. The van der Waals surface area contributed by atoms with Crippen molar-refractivity contribution in [1.82, 2.24) is 0 Å². The Kier molecular flexibility index (Phi) is 19.8. The molecule has 0 aromatic rings. The molecule has 2 N–H and O–H groups in total. The largest absolute Gasteiger partial charge is 0.386 e. The summed E-state index contributed by atoms with van der Waals surface area (Å²) >= 11 is 5.32. The highest BCUT2D eigenvalue weighted by Gasteiger charge is 2.06. The molecule has 0 rings (SSSR count). The van der Waals surface area contributed by atoms with E-state index in [2.05, 4.69) is 13.8 Å². The molecule has 0 aromatic carbocycles. The average molecular weight is 376 g/mol. The zero-order valence-corrected chi connectivity index (χ0v) is 18.4. The highest BCUT2D eigenvalue weighted by atomic mass is 32.2. The summed E-state index contributed by atoms with van der Waals surface area (Å²) in [6.07, 6.45) is 22.3. The Bertz CT molecular complexity index is 249. The maximum Gasteiger partial charge on any atom is 0.111 e. The van der Waals surface area contributed by atoms with E-state index in [4.69, 9.17) is 18.0 Å². The van der Waals surface area contributed by atoms with Gasteiger partial charge in [-0.3, -0.25) is 0 Å². The van der Waals surface area contributed by atoms with Gasteiger partial charge < -0.3 is 5.73 Å². The van der Waals surface area contributed by atoms with E-state index in [9.17, 15) is 0 Å². The maximum atomic E-state index is 5.99. The highest BCUT2D eigenvalue weighted by Crippen LogP contribution is 2.29. The molecule has 0 unspecified atom stereocenters. The van der Waals surface area contributed by atoms with Crippen LogP contribution in [-0.4, -0.2) is 15.8 Å². The van der Waals surface area contributed by atoms with Crippen molar-refractivity contribution in [2.45, 2.75) is 117 Å². The normalized spacial score (nSPS) is 11.7. The summed E-state index contributed by atoms with van der Waals surface area (Å²) in [7, 11) is -0.171. The van der Waals surface area contributed by atoms with Gasteiger partial charge in [-0.1, -0.05) is 116 Å². The van der Waals surface area contributed by atoms with Gasteiger partial charge in [0.1, 0.15) is 4.32 Å². The topological polar surface area (TPSA) is 26.0 Å². The first-order valence-corrected chi connectivity index (χ1v) is 12.9. The van der Waals surface area contributed by atoms with Crippen molar-refractivity contribution in [3.8, 4) is 0 Å². The van der Waals surface area contributed by atoms with Crippen LogP contribution in [-0.2, 0) is 0 Å². The molecule has 0 aliphatic heterocycles. The van der Waals surface area contributed by atoms with Crippen LogP contribution in [0.15, 0.2) is 0 Å². The Hall–Kier alpha value is 0.240. The Labute approximate surface area is 161 Å². The molecule has 0 amide bonds. The Morgan fingerprint density at radius 2 is 0.875 bits per heavy atom. The van der Waals surface area contributed by atoms with Gasteiger partial charge in [0.25, 0.3) is 0 Å². The van der Waals surface area contributed by atoms with Crippen LogP contribution in [0.1, 0.15) is 117 Å². The third kappa shape index (κ3) is 17.1. The summed E-state index contributed by atoms with van der Waals surface area (Å²) in [5.74, 6) is 2.58. The Balaban J connectivity index is 3.49. The fraction of sp³-hybridized carbons (Fsp3) is 0.952. The number of nitrogens with two attached hydrogens (primary N) is 1. The number of hydrogen-bond acceptors (Lipinski definition) is 1. The van der Waals surface area contributed by atoms with Crippen LogP contribution in [0.2, 0.25) is 0 Å². The first-order valence-electron chi connectivity index (χ1n) is 10.8. The lowest BCUT2D eigenvalue weighted by molar-refractivity contribution is 0.584. The van der Waals surface area contributed by atoms with E-state index in [0.717, 1.165) is 4.32 Å². The molecule has 0 bridgehead atoms. The molecule has 0 fully saturated rings. The Morgan fingerprint density at radius 3 is 1.17 bits per heavy atom. The van der Waals surface area contributed by atoms with Crippen LogP contribution in [0.4, 0.5) is 0 Å². The standard InChI is InChI=1S/C21H45NS2/c1-3-5-7-9-11-13-15-17-19-24(21(22)23)20-18-16-14-12-10-8-6-4-2/h24H,3-20H2,1-2H3,(H2,22,23). The molecular weight excluding hydrogens is 330 g/mol. The van der Waals surface area contributed by atoms with Crippen molar-refractivity contribution in [3.05, 3.63) is 0 Å². The van der Waals surface area contributed by atoms with E-state index in [-0.39, 0.29) is 10.9 Å². The van der Waals surface area contributed by atoms with E-state index in [0.29, 0.717) is 0 Å². The van der Waals surface area contributed by atoms with Crippen LogP contribution in [0.5, 0.6) is 0 Å². The van der Waals surface area contributed by atoms with Gasteiger partial charge in [-0.2, -0.15) is 0 Å². The van der Waals surface area contributed by atoms with Gasteiger partial charge >= 0.3 is 0 Å². The predicted octanol–water partition coefficient (Wildman–Crippen LogP) is 7.51. The van der Waals surface area contributed by atoms with E-state index in [1.54, 1.807) is 0 Å². The SMILES string of the molecule is CCCCCCCCCC[SH](CCCCCCCCCC)C(N)=S. The molecule has 24 heavy (non-hydrogen) atoms. The molecular formula is C21H45NS2. The van der Waals surface area contributed by atoms with Crippen molar-refractivity contribution in [2.24, 2.45) is 5.73 Å². The summed E-state index contributed by atoms with van der Waals surface area (Å²) in [5, 5.41) is 0. The predicted molar refractivity (Wildman–Crippen MR) is 121 cm³/mol. The molecule has 0 radical (unpaired) electrons. The lowest BCUT2D eigenvalue weighted by Crippen LogP contribution is -2.13. The van der Waals surface area contributed by atoms with Gasteiger partial charge in [0.15, 0.2) is 0 Å². The van der Waals surface area contributed by atoms with E-state index in [1.807, 2.05) is 0 Å². The van der Waals surface area contributed by atoms with Gasteiger partial charge in [-0.05, 0) is 24.3 Å². The first kappa shape index (κ1) is 24.2. The zero-order chi connectivity index (χ0) is 17.9. The number of thiocarbonyl (C=S) groups is 1. The van der Waals surface area contributed by atoms with Crippen LogP contribution in [0.3, 0.4) is 0 Å². The van der Waals surface area contributed by atoms with Crippen molar-refractivity contribution in [3.63, 3.8) is 0 Å². The number of hydrogen-bond donors (Lipinski definition) is 2. The van der Waals surface area contributed by atoms with E-state index >= 15 is 0 Å². The molecule has 0 heterocycles. The minimum absolute atomic E-state index is 0.171. The van der Waals surface area contributed by atoms with Crippen molar-refractivity contribution < 1.29 is 0 Å². The highest BCUT2D eigenvalue weighted by molar-refractivity contribution is 8.36. The second kappa shape index (κ2) is 19.6. The monoisotopic (exact) mass is 375 g/mol. The van der Waals surface area contributed by atoms with Crippen LogP contribution < -0.4 is 5.73 Å². The summed E-state index contributed by atoms with van der Waals surface area (Å²) in [4.78, 5) is 0. The molecule has 0 saturated carbocycles.